The molecule has 2 aliphatic rings. The molecule has 1 N–H and O–H groups in total. The molecule has 1 aliphatic carbocycles. The van der Waals surface area contributed by atoms with Crippen molar-refractivity contribution in [3.8, 4) is 0 Å². The summed E-state index contributed by atoms with van der Waals surface area (Å²) in [6, 6.07) is 0. The van der Waals surface area contributed by atoms with Gasteiger partial charge in [-0.25, -0.2) is 0 Å². The van der Waals surface area contributed by atoms with Crippen molar-refractivity contribution in [3.63, 3.8) is 0 Å². The van der Waals surface area contributed by atoms with E-state index in [4.69, 9.17) is 9.84 Å². The summed E-state index contributed by atoms with van der Waals surface area (Å²) in [4.78, 5) is 10.8. The van der Waals surface area contributed by atoms with Crippen LogP contribution in [-0.2, 0) is 9.53 Å². The summed E-state index contributed by atoms with van der Waals surface area (Å²) in [6.45, 7) is 3.53. The Morgan fingerprint density at radius 3 is 2.50 bits per heavy atom. The molecule has 1 saturated carbocycles. The monoisotopic (exact) mass is 170 g/mol. The standard InChI is InChI=1S/C9H14O3/c1-6-7(8(10)11)9(6)2-4-12-5-3-9/h6-7H,2-5H2,1H3,(H,10,11). The summed E-state index contributed by atoms with van der Waals surface area (Å²) in [6.07, 6.45) is 1.87. The number of hydrogen-bond donors (Lipinski definition) is 1. The number of hydrogen-bond acceptors (Lipinski definition) is 2. The van der Waals surface area contributed by atoms with E-state index in [1.807, 2.05) is 6.92 Å². The van der Waals surface area contributed by atoms with Crippen LogP contribution in [-0.4, -0.2) is 24.3 Å². The van der Waals surface area contributed by atoms with Gasteiger partial charge in [-0.3, -0.25) is 4.79 Å². The molecule has 0 aromatic carbocycles. The van der Waals surface area contributed by atoms with Crippen LogP contribution in [0.5, 0.6) is 0 Å². The lowest BCUT2D eigenvalue weighted by atomic mass is 9.92. The van der Waals surface area contributed by atoms with Crippen molar-refractivity contribution >= 4 is 5.97 Å². The fraction of sp³-hybridized carbons (Fsp3) is 0.889. The molecule has 0 aromatic heterocycles. The summed E-state index contributed by atoms with van der Waals surface area (Å²) in [7, 11) is 0. The van der Waals surface area contributed by atoms with Gasteiger partial charge in [0.05, 0.1) is 5.92 Å². The summed E-state index contributed by atoms with van der Waals surface area (Å²) in [5, 5.41) is 8.90. The molecule has 12 heavy (non-hydrogen) atoms. The van der Waals surface area contributed by atoms with Crippen LogP contribution in [0.1, 0.15) is 19.8 Å². The lowest BCUT2D eigenvalue weighted by Crippen LogP contribution is -2.21. The van der Waals surface area contributed by atoms with Gasteiger partial charge in [0.2, 0.25) is 0 Å². The van der Waals surface area contributed by atoms with Crippen LogP contribution >= 0.6 is 0 Å². The van der Waals surface area contributed by atoms with E-state index in [0.717, 1.165) is 26.1 Å². The molecule has 0 radical (unpaired) electrons. The van der Waals surface area contributed by atoms with Crippen LogP contribution in [0.4, 0.5) is 0 Å². The van der Waals surface area contributed by atoms with Gasteiger partial charge in [-0.2, -0.15) is 0 Å². The largest absolute Gasteiger partial charge is 0.481 e. The molecular formula is C9H14O3. The van der Waals surface area contributed by atoms with Gasteiger partial charge < -0.3 is 9.84 Å². The van der Waals surface area contributed by atoms with E-state index in [9.17, 15) is 4.79 Å². The van der Waals surface area contributed by atoms with E-state index in [-0.39, 0.29) is 11.3 Å². The number of carboxylic acid groups (broad SMARTS) is 1. The molecule has 0 aromatic rings. The van der Waals surface area contributed by atoms with E-state index in [2.05, 4.69) is 0 Å². The fourth-order valence-corrected chi connectivity index (χ4v) is 2.68. The maximum Gasteiger partial charge on any atom is 0.307 e. The van der Waals surface area contributed by atoms with Crippen LogP contribution in [0.3, 0.4) is 0 Å². The van der Waals surface area contributed by atoms with Crippen LogP contribution in [0, 0.1) is 17.3 Å². The predicted molar refractivity (Wildman–Crippen MR) is 42.8 cm³/mol. The van der Waals surface area contributed by atoms with Gasteiger partial charge in [-0.15, -0.1) is 0 Å². The van der Waals surface area contributed by atoms with Crippen LogP contribution in [0.15, 0.2) is 0 Å². The quantitative estimate of drug-likeness (QED) is 0.641. The first-order valence-electron chi connectivity index (χ1n) is 4.49. The number of carbonyl (C=O) groups is 1. The number of ether oxygens (including phenoxy) is 1. The van der Waals surface area contributed by atoms with Gasteiger partial charge in [0.25, 0.3) is 0 Å². The van der Waals surface area contributed by atoms with E-state index in [1.54, 1.807) is 0 Å². The molecule has 1 spiro atoms. The zero-order chi connectivity index (χ0) is 8.77. The second-order valence-corrected chi connectivity index (χ2v) is 3.95. The first-order valence-corrected chi connectivity index (χ1v) is 4.49. The predicted octanol–water partition coefficient (Wildman–Crippen LogP) is 1.13. The van der Waals surface area contributed by atoms with Gasteiger partial charge >= 0.3 is 5.97 Å². The molecule has 2 rings (SSSR count). The Kier molecular flexibility index (Phi) is 1.65. The molecule has 68 valence electrons. The highest BCUT2D eigenvalue weighted by Crippen LogP contribution is 2.64. The molecular weight excluding hydrogens is 156 g/mol. The Bertz CT molecular complexity index is 206. The van der Waals surface area contributed by atoms with Crippen molar-refractivity contribution < 1.29 is 14.6 Å². The highest BCUT2D eigenvalue weighted by molar-refractivity contribution is 5.75. The van der Waals surface area contributed by atoms with Crippen molar-refractivity contribution in [3.05, 3.63) is 0 Å². The molecule has 2 unspecified atom stereocenters. The first-order chi connectivity index (χ1) is 5.68. The molecule has 0 bridgehead atoms. The fourth-order valence-electron chi connectivity index (χ4n) is 2.68. The zero-order valence-corrected chi connectivity index (χ0v) is 7.25. The van der Waals surface area contributed by atoms with Crippen molar-refractivity contribution in [2.75, 3.05) is 13.2 Å². The molecule has 1 heterocycles. The highest BCUT2D eigenvalue weighted by Gasteiger charge is 2.65. The number of aliphatic carboxylic acids is 1. The minimum Gasteiger partial charge on any atom is -0.481 e. The highest BCUT2D eigenvalue weighted by atomic mass is 16.5. The third kappa shape index (κ3) is 0.891. The number of rotatable bonds is 1. The van der Waals surface area contributed by atoms with E-state index in [0.29, 0.717) is 5.92 Å². The number of carboxylic acids is 1. The lowest BCUT2D eigenvalue weighted by molar-refractivity contribution is -0.140. The maximum absolute atomic E-state index is 10.8. The van der Waals surface area contributed by atoms with Gasteiger partial charge in [-0.05, 0) is 24.2 Å². The smallest absolute Gasteiger partial charge is 0.307 e. The second kappa shape index (κ2) is 2.46. The Morgan fingerprint density at radius 2 is 2.08 bits per heavy atom. The third-order valence-electron chi connectivity index (χ3n) is 3.61. The van der Waals surface area contributed by atoms with E-state index in [1.165, 1.54) is 0 Å². The summed E-state index contributed by atoms with van der Waals surface area (Å²) >= 11 is 0. The first kappa shape index (κ1) is 8.05. The lowest BCUT2D eigenvalue weighted by Gasteiger charge is -2.22. The topological polar surface area (TPSA) is 46.5 Å². The minimum absolute atomic E-state index is 0.0959. The van der Waals surface area contributed by atoms with Crippen molar-refractivity contribution in [2.45, 2.75) is 19.8 Å². The molecule has 3 heteroatoms. The molecule has 1 aliphatic heterocycles. The SMILES string of the molecule is CC1C(C(=O)O)C12CCOCC2. The Labute approximate surface area is 71.7 Å². The molecule has 2 atom stereocenters. The molecule has 1 saturated heterocycles. The van der Waals surface area contributed by atoms with Gasteiger partial charge in [0, 0.05) is 13.2 Å². The Balaban J connectivity index is 2.08. The summed E-state index contributed by atoms with van der Waals surface area (Å²) in [5.41, 5.74) is 0.101. The third-order valence-corrected chi connectivity index (χ3v) is 3.61. The maximum atomic E-state index is 10.8. The second-order valence-electron chi connectivity index (χ2n) is 3.95. The van der Waals surface area contributed by atoms with Crippen LogP contribution < -0.4 is 0 Å². The van der Waals surface area contributed by atoms with Crippen LogP contribution in [0.2, 0.25) is 0 Å². The Hall–Kier alpha value is -0.570. The summed E-state index contributed by atoms with van der Waals surface area (Å²) < 4.78 is 5.23. The molecule has 2 fully saturated rings. The van der Waals surface area contributed by atoms with E-state index < -0.39 is 5.97 Å². The van der Waals surface area contributed by atoms with Crippen molar-refractivity contribution in [1.29, 1.82) is 0 Å². The average molecular weight is 170 g/mol. The van der Waals surface area contributed by atoms with Gasteiger partial charge in [-0.1, -0.05) is 6.92 Å². The van der Waals surface area contributed by atoms with Crippen molar-refractivity contribution in [2.24, 2.45) is 17.3 Å². The average Bonchev–Trinajstić information content (AvgIpc) is 2.57. The molecule has 3 nitrogen and oxygen atoms in total. The summed E-state index contributed by atoms with van der Waals surface area (Å²) in [5.74, 6) is -0.357. The molecule has 0 amide bonds. The van der Waals surface area contributed by atoms with Gasteiger partial charge in [0.1, 0.15) is 0 Å². The zero-order valence-electron chi connectivity index (χ0n) is 7.25. The minimum atomic E-state index is -0.621. The van der Waals surface area contributed by atoms with Crippen LogP contribution in [0.25, 0.3) is 0 Å². The van der Waals surface area contributed by atoms with Gasteiger partial charge in [0.15, 0.2) is 0 Å². The van der Waals surface area contributed by atoms with Crippen molar-refractivity contribution in [1.82, 2.24) is 0 Å². The normalized spacial score (nSPS) is 38.1. The van der Waals surface area contributed by atoms with E-state index >= 15 is 0 Å². The Morgan fingerprint density at radius 1 is 1.50 bits per heavy atom.